The predicted molar refractivity (Wildman–Crippen MR) is 113 cm³/mol. The summed E-state index contributed by atoms with van der Waals surface area (Å²) in [7, 11) is 1.85. The van der Waals surface area contributed by atoms with E-state index in [1.807, 2.05) is 25.1 Å². The highest BCUT2D eigenvalue weighted by Crippen LogP contribution is 2.19. The van der Waals surface area contributed by atoms with Crippen molar-refractivity contribution in [2.45, 2.75) is 33.1 Å². The summed E-state index contributed by atoms with van der Waals surface area (Å²) in [5.41, 5.74) is 1.93. The lowest BCUT2D eigenvalue weighted by molar-refractivity contribution is -0.120. The second kappa shape index (κ2) is 9.18. The van der Waals surface area contributed by atoms with Crippen molar-refractivity contribution in [1.29, 1.82) is 0 Å². The Morgan fingerprint density at radius 1 is 1.39 bits per heavy atom. The van der Waals surface area contributed by atoms with Crippen LogP contribution in [0, 0.1) is 0 Å². The third-order valence-electron chi connectivity index (χ3n) is 4.55. The average Bonchev–Trinajstić information content (AvgIpc) is 3.30. The van der Waals surface area contributed by atoms with Crippen LogP contribution in [0.2, 0.25) is 0 Å². The fraction of sp³-hybridized carbons (Fsp3) is 0.579. The van der Waals surface area contributed by atoms with E-state index in [0.717, 1.165) is 36.9 Å². The maximum Gasteiger partial charge on any atom is 0.246 e. The van der Waals surface area contributed by atoms with Crippen LogP contribution in [0.15, 0.2) is 22.8 Å². The Bertz CT molecular complexity index is 826. The van der Waals surface area contributed by atoms with Gasteiger partial charge in [0.1, 0.15) is 6.54 Å². The van der Waals surface area contributed by atoms with Gasteiger partial charge >= 0.3 is 0 Å². The first-order chi connectivity index (χ1) is 13.5. The SMILES string of the molecule is CCNC(=NCCc1csc(C(C)C)n1)N1CCN(c2cnn(C)c2)C(=O)C1. The highest BCUT2D eigenvalue weighted by molar-refractivity contribution is 7.09. The predicted octanol–water partition coefficient (Wildman–Crippen LogP) is 1.86. The highest BCUT2D eigenvalue weighted by Gasteiger charge is 2.27. The van der Waals surface area contributed by atoms with Crippen molar-refractivity contribution < 1.29 is 4.79 Å². The number of carbonyl (C=O) groups is 1. The van der Waals surface area contributed by atoms with E-state index in [0.29, 0.717) is 25.6 Å². The minimum absolute atomic E-state index is 0.0610. The topological polar surface area (TPSA) is 78.7 Å². The van der Waals surface area contributed by atoms with Gasteiger partial charge in [-0.05, 0) is 6.92 Å². The van der Waals surface area contributed by atoms with Crippen molar-refractivity contribution >= 4 is 28.9 Å². The number of aromatic nitrogens is 3. The van der Waals surface area contributed by atoms with Crippen LogP contribution in [0.3, 0.4) is 0 Å². The number of piperazine rings is 1. The number of hydrogen-bond acceptors (Lipinski definition) is 5. The molecule has 152 valence electrons. The molecule has 1 aliphatic heterocycles. The minimum Gasteiger partial charge on any atom is -0.357 e. The van der Waals surface area contributed by atoms with Gasteiger partial charge in [0.05, 0.1) is 22.6 Å². The summed E-state index contributed by atoms with van der Waals surface area (Å²) in [6.07, 6.45) is 4.40. The second-order valence-electron chi connectivity index (χ2n) is 7.16. The molecule has 0 atom stereocenters. The monoisotopic (exact) mass is 403 g/mol. The van der Waals surface area contributed by atoms with Gasteiger partial charge in [-0.2, -0.15) is 5.10 Å². The summed E-state index contributed by atoms with van der Waals surface area (Å²) in [5, 5.41) is 10.8. The molecule has 1 saturated heterocycles. The molecule has 3 heterocycles. The summed E-state index contributed by atoms with van der Waals surface area (Å²) >= 11 is 1.71. The van der Waals surface area contributed by atoms with Gasteiger partial charge in [-0.15, -0.1) is 11.3 Å². The molecule has 3 rings (SSSR count). The summed E-state index contributed by atoms with van der Waals surface area (Å²) in [6.45, 7) is 9.45. The molecule has 1 aliphatic rings. The normalized spacial score (nSPS) is 15.6. The van der Waals surface area contributed by atoms with Gasteiger partial charge in [0.25, 0.3) is 0 Å². The fourth-order valence-electron chi connectivity index (χ4n) is 3.08. The summed E-state index contributed by atoms with van der Waals surface area (Å²) in [6, 6.07) is 0. The molecule has 0 saturated carbocycles. The van der Waals surface area contributed by atoms with E-state index in [1.54, 1.807) is 27.1 Å². The van der Waals surface area contributed by atoms with Crippen molar-refractivity contribution in [3.05, 3.63) is 28.5 Å². The zero-order valence-electron chi connectivity index (χ0n) is 17.1. The van der Waals surface area contributed by atoms with E-state index >= 15 is 0 Å². The molecule has 0 bridgehead atoms. The molecular weight excluding hydrogens is 374 g/mol. The number of carbonyl (C=O) groups excluding carboxylic acids is 1. The number of anilines is 1. The van der Waals surface area contributed by atoms with E-state index in [1.165, 1.54) is 5.01 Å². The molecule has 0 aliphatic carbocycles. The molecule has 0 radical (unpaired) electrons. The third kappa shape index (κ3) is 4.89. The number of thiazole rings is 1. The van der Waals surface area contributed by atoms with Gasteiger partial charge in [0.15, 0.2) is 5.96 Å². The van der Waals surface area contributed by atoms with E-state index in [-0.39, 0.29) is 5.91 Å². The quantitative estimate of drug-likeness (QED) is 0.588. The summed E-state index contributed by atoms with van der Waals surface area (Å²) < 4.78 is 1.71. The molecule has 28 heavy (non-hydrogen) atoms. The highest BCUT2D eigenvalue weighted by atomic mass is 32.1. The number of rotatable bonds is 6. The molecule has 1 amide bonds. The van der Waals surface area contributed by atoms with E-state index in [9.17, 15) is 4.79 Å². The molecule has 1 fully saturated rings. The Hall–Kier alpha value is -2.42. The number of aliphatic imine (C=N–C) groups is 1. The Balaban J connectivity index is 1.60. The van der Waals surface area contributed by atoms with Crippen LogP contribution in [0.1, 0.15) is 37.4 Å². The Labute approximate surface area is 170 Å². The second-order valence-corrected chi connectivity index (χ2v) is 8.05. The van der Waals surface area contributed by atoms with Crippen molar-refractivity contribution in [3.8, 4) is 0 Å². The molecule has 8 nitrogen and oxygen atoms in total. The first-order valence-electron chi connectivity index (χ1n) is 9.74. The van der Waals surface area contributed by atoms with E-state index in [2.05, 4.69) is 34.6 Å². The zero-order valence-corrected chi connectivity index (χ0v) is 17.9. The van der Waals surface area contributed by atoms with E-state index in [4.69, 9.17) is 4.99 Å². The molecule has 2 aromatic heterocycles. The zero-order chi connectivity index (χ0) is 20.1. The Kier molecular flexibility index (Phi) is 6.66. The molecule has 0 unspecified atom stereocenters. The number of nitrogens with zero attached hydrogens (tertiary/aromatic N) is 6. The maximum atomic E-state index is 12.6. The lowest BCUT2D eigenvalue weighted by Gasteiger charge is -2.35. The maximum absolute atomic E-state index is 12.6. The van der Waals surface area contributed by atoms with Crippen molar-refractivity contribution in [1.82, 2.24) is 25.0 Å². The number of nitrogens with one attached hydrogen (secondary N) is 1. The van der Waals surface area contributed by atoms with Gasteiger partial charge in [-0.25, -0.2) is 4.98 Å². The van der Waals surface area contributed by atoms with Crippen molar-refractivity contribution in [3.63, 3.8) is 0 Å². The lowest BCUT2D eigenvalue weighted by atomic mass is 10.2. The molecule has 2 aromatic rings. The molecular formula is C19H29N7OS. The summed E-state index contributed by atoms with van der Waals surface area (Å²) in [5.74, 6) is 1.31. The summed E-state index contributed by atoms with van der Waals surface area (Å²) in [4.78, 5) is 25.9. The Morgan fingerprint density at radius 2 is 2.21 bits per heavy atom. The first kappa shape index (κ1) is 20.3. The Morgan fingerprint density at radius 3 is 2.82 bits per heavy atom. The van der Waals surface area contributed by atoms with Crippen LogP contribution in [-0.4, -0.2) is 64.3 Å². The van der Waals surface area contributed by atoms with Crippen molar-refractivity contribution in [2.24, 2.45) is 12.0 Å². The number of hydrogen-bond donors (Lipinski definition) is 1. The molecule has 0 spiro atoms. The van der Waals surface area contributed by atoms with E-state index < -0.39 is 0 Å². The van der Waals surface area contributed by atoms with Crippen molar-refractivity contribution in [2.75, 3.05) is 37.6 Å². The van der Waals surface area contributed by atoms with Crippen LogP contribution in [0.25, 0.3) is 0 Å². The average molecular weight is 404 g/mol. The van der Waals surface area contributed by atoms with Crippen LogP contribution < -0.4 is 10.2 Å². The van der Waals surface area contributed by atoms with Gasteiger partial charge in [-0.1, -0.05) is 13.8 Å². The fourth-order valence-corrected chi connectivity index (χ4v) is 3.95. The standard InChI is InChI=1S/C19H29N7OS/c1-5-20-19(21-7-6-15-13-28-18(23-15)14(2)3)25-8-9-26(17(27)12-25)16-10-22-24(4)11-16/h10-11,13-14H,5-9,12H2,1-4H3,(H,20,21). The van der Waals surface area contributed by atoms with Gasteiger partial charge in [0.2, 0.25) is 5.91 Å². The van der Waals surface area contributed by atoms with Crippen LogP contribution in [0.5, 0.6) is 0 Å². The molecule has 0 aromatic carbocycles. The van der Waals surface area contributed by atoms with Gasteiger partial charge in [-0.3, -0.25) is 14.5 Å². The smallest absolute Gasteiger partial charge is 0.246 e. The minimum atomic E-state index is 0.0610. The third-order valence-corrected chi connectivity index (χ3v) is 5.75. The van der Waals surface area contributed by atoms with Crippen LogP contribution in [-0.2, 0) is 18.3 Å². The number of aryl methyl sites for hydroxylation is 1. The molecule has 9 heteroatoms. The van der Waals surface area contributed by atoms with Gasteiger partial charge in [0, 0.05) is 57.1 Å². The number of guanidine groups is 1. The van der Waals surface area contributed by atoms with Crippen LogP contribution in [0.4, 0.5) is 5.69 Å². The first-order valence-corrected chi connectivity index (χ1v) is 10.6. The number of amides is 1. The molecule has 1 N–H and O–H groups in total. The van der Waals surface area contributed by atoms with Gasteiger partial charge < -0.3 is 15.1 Å². The largest absolute Gasteiger partial charge is 0.357 e. The van der Waals surface area contributed by atoms with Crippen LogP contribution >= 0.6 is 11.3 Å². The lowest BCUT2D eigenvalue weighted by Crippen LogP contribution is -2.55.